The molecule has 0 aromatic heterocycles. The highest BCUT2D eigenvalue weighted by Crippen LogP contribution is 2.32. The number of carbonyl (C=O) groups is 1. The van der Waals surface area contributed by atoms with Crippen LogP contribution in [0.4, 0.5) is 4.79 Å². The summed E-state index contributed by atoms with van der Waals surface area (Å²) < 4.78 is 10.6. The van der Waals surface area contributed by atoms with E-state index in [2.05, 4.69) is 0 Å². The predicted molar refractivity (Wildman–Crippen MR) is 97.6 cm³/mol. The van der Waals surface area contributed by atoms with Gasteiger partial charge in [0.05, 0.1) is 23.3 Å². The largest absolute Gasteiger partial charge is 0.449 e. The van der Waals surface area contributed by atoms with Crippen molar-refractivity contribution in [2.45, 2.75) is 20.3 Å². The van der Waals surface area contributed by atoms with Crippen LogP contribution in [-0.2, 0) is 9.47 Å². The lowest BCUT2D eigenvalue weighted by atomic mass is 9.94. The quantitative estimate of drug-likeness (QED) is 0.739. The highest BCUT2D eigenvalue weighted by Gasteiger charge is 2.25. The van der Waals surface area contributed by atoms with Crippen LogP contribution in [0.1, 0.15) is 25.8 Å². The minimum atomic E-state index is -0.273. The van der Waals surface area contributed by atoms with Crippen LogP contribution in [0.2, 0.25) is 10.0 Å². The molecule has 1 heterocycles. The average Bonchev–Trinajstić information content (AvgIpc) is 2.55. The van der Waals surface area contributed by atoms with Crippen molar-refractivity contribution in [2.75, 3.05) is 33.4 Å². The number of benzene rings is 1. The SMILES string of the molecule is COCC1=C(c2ccc(Cl)c(Cl)c2)CCN(C(=O)OCC(C)C)C1. The molecule has 0 radical (unpaired) electrons. The molecule has 0 unspecified atom stereocenters. The molecule has 0 spiro atoms. The number of carbonyl (C=O) groups excluding carboxylic acids is 1. The van der Waals surface area contributed by atoms with E-state index in [0.717, 1.165) is 23.1 Å². The fourth-order valence-corrected chi connectivity index (χ4v) is 2.95. The topological polar surface area (TPSA) is 38.8 Å². The molecule has 0 bridgehead atoms. The summed E-state index contributed by atoms with van der Waals surface area (Å²) in [5.74, 6) is 0.319. The number of rotatable bonds is 5. The van der Waals surface area contributed by atoms with E-state index >= 15 is 0 Å². The first-order valence-corrected chi connectivity index (χ1v) is 8.75. The van der Waals surface area contributed by atoms with Gasteiger partial charge in [-0.25, -0.2) is 4.79 Å². The Bertz CT molecular complexity index is 629. The number of hydrogen-bond acceptors (Lipinski definition) is 3. The first-order chi connectivity index (χ1) is 11.4. The Hall–Kier alpha value is -1.23. The van der Waals surface area contributed by atoms with Crippen LogP contribution in [0, 0.1) is 5.92 Å². The predicted octanol–water partition coefficient (Wildman–Crippen LogP) is 4.89. The van der Waals surface area contributed by atoms with Crippen LogP contribution >= 0.6 is 23.2 Å². The summed E-state index contributed by atoms with van der Waals surface area (Å²) in [4.78, 5) is 13.9. The lowest BCUT2D eigenvalue weighted by Crippen LogP contribution is -2.38. The maximum Gasteiger partial charge on any atom is 0.410 e. The Morgan fingerprint density at radius 1 is 1.29 bits per heavy atom. The second kappa shape index (κ2) is 8.75. The zero-order valence-corrected chi connectivity index (χ0v) is 15.8. The van der Waals surface area contributed by atoms with Gasteiger partial charge < -0.3 is 14.4 Å². The Morgan fingerprint density at radius 2 is 2.04 bits per heavy atom. The molecule has 24 heavy (non-hydrogen) atoms. The molecule has 1 amide bonds. The Kier molecular flexibility index (Phi) is 6.96. The Morgan fingerprint density at radius 3 is 2.67 bits per heavy atom. The molecule has 1 aliphatic rings. The molecule has 4 nitrogen and oxygen atoms in total. The van der Waals surface area contributed by atoms with E-state index in [1.807, 2.05) is 26.0 Å². The summed E-state index contributed by atoms with van der Waals surface area (Å²) in [5, 5.41) is 1.06. The van der Waals surface area contributed by atoms with Crippen molar-refractivity contribution in [3.05, 3.63) is 39.4 Å². The van der Waals surface area contributed by atoms with Gasteiger partial charge in [-0.1, -0.05) is 43.1 Å². The van der Waals surface area contributed by atoms with Gasteiger partial charge in [0.25, 0.3) is 0 Å². The Balaban J connectivity index is 2.19. The van der Waals surface area contributed by atoms with Gasteiger partial charge in [0.1, 0.15) is 0 Å². The summed E-state index contributed by atoms with van der Waals surface area (Å²) in [5.41, 5.74) is 3.23. The van der Waals surface area contributed by atoms with Crippen LogP contribution in [0.5, 0.6) is 0 Å². The zero-order chi connectivity index (χ0) is 17.7. The van der Waals surface area contributed by atoms with Crippen molar-refractivity contribution >= 4 is 34.9 Å². The molecule has 0 fully saturated rings. The van der Waals surface area contributed by atoms with Gasteiger partial charge >= 0.3 is 6.09 Å². The second-order valence-electron chi connectivity index (χ2n) is 6.29. The van der Waals surface area contributed by atoms with E-state index in [1.165, 1.54) is 0 Å². The average molecular weight is 372 g/mol. The molecule has 2 rings (SSSR count). The normalized spacial score (nSPS) is 15.2. The fourth-order valence-electron chi connectivity index (χ4n) is 2.65. The molecule has 1 aliphatic heterocycles. The third-order valence-electron chi connectivity index (χ3n) is 3.83. The lowest BCUT2D eigenvalue weighted by molar-refractivity contribution is 0.0926. The van der Waals surface area contributed by atoms with Crippen molar-refractivity contribution < 1.29 is 14.3 Å². The molecule has 0 saturated carbocycles. The van der Waals surface area contributed by atoms with Gasteiger partial charge in [0, 0.05) is 20.2 Å². The number of halogens is 2. The van der Waals surface area contributed by atoms with Crippen molar-refractivity contribution in [3.8, 4) is 0 Å². The van der Waals surface area contributed by atoms with E-state index in [0.29, 0.717) is 42.3 Å². The number of hydrogen-bond donors (Lipinski definition) is 0. The number of amides is 1. The molecule has 6 heteroatoms. The first kappa shape index (κ1) is 19.1. The molecule has 1 aromatic carbocycles. The van der Waals surface area contributed by atoms with E-state index < -0.39 is 0 Å². The van der Waals surface area contributed by atoms with Crippen molar-refractivity contribution in [1.82, 2.24) is 4.90 Å². The molecule has 132 valence electrons. The lowest BCUT2D eigenvalue weighted by Gasteiger charge is -2.30. The molecule has 0 saturated heterocycles. The summed E-state index contributed by atoms with van der Waals surface area (Å²) in [6, 6.07) is 5.60. The first-order valence-electron chi connectivity index (χ1n) is 7.99. The monoisotopic (exact) mass is 371 g/mol. The van der Waals surface area contributed by atoms with Crippen molar-refractivity contribution in [1.29, 1.82) is 0 Å². The number of ether oxygens (including phenoxy) is 2. The third-order valence-corrected chi connectivity index (χ3v) is 4.56. The third kappa shape index (κ3) is 4.88. The maximum atomic E-state index is 12.2. The van der Waals surface area contributed by atoms with Gasteiger partial charge in [-0.2, -0.15) is 0 Å². The summed E-state index contributed by atoms with van der Waals surface area (Å²) >= 11 is 12.1. The molecule has 0 N–H and O–H groups in total. The molecule has 1 aromatic rings. The molecule has 0 atom stereocenters. The van der Waals surface area contributed by atoms with E-state index in [1.54, 1.807) is 18.1 Å². The van der Waals surface area contributed by atoms with Gasteiger partial charge in [-0.3, -0.25) is 0 Å². The van der Waals surface area contributed by atoms with Crippen LogP contribution in [0.15, 0.2) is 23.8 Å². The molecular weight excluding hydrogens is 349 g/mol. The van der Waals surface area contributed by atoms with E-state index in [4.69, 9.17) is 32.7 Å². The molecule has 0 aliphatic carbocycles. The maximum absolute atomic E-state index is 12.2. The number of nitrogens with zero attached hydrogens (tertiary/aromatic N) is 1. The standard InChI is InChI=1S/C18H23Cl2NO3/c1-12(2)10-24-18(22)21-7-6-15(14(9-21)11-23-3)13-4-5-16(19)17(20)8-13/h4-5,8,12H,6-7,9-11H2,1-3H3. The zero-order valence-electron chi connectivity index (χ0n) is 14.3. The minimum absolute atomic E-state index is 0.273. The summed E-state index contributed by atoms with van der Waals surface area (Å²) in [6.45, 7) is 6.03. The van der Waals surface area contributed by atoms with Crippen LogP contribution in [0.3, 0.4) is 0 Å². The van der Waals surface area contributed by atoms with Crippen LogP contribution in [0.25, 0.3) is 5.57 Å². The minimum Gasteiger partial charge on any atom is -0.449 e. The smallest absolute Gasteiger partial charge is 0.410 e. The van der Waals surface area contributed by atoms with Gasteiger partial charge in [0.2, 0.25) is 0 Å². The molecular formula is C18H23Cl2NO3. The van der Waals surface area contributed by atoms with Gasteiger partial charge in [-0.15, -0.1) is 0 Å². The summed E-state index contributed by atoms with van der Waals surface area (Å²) in [6.07, 6.45) is 0.457. The number of methoxy groups -OCH3 is 1. The van der Waals surface area contributed by atoms with Crippen molar-refractivity contribution in [2.24, 2.45) is 5.92 Å². The van der Waals surface area contributed by atoms with Gasteiger partial charge in [-0.05, 0) is 41.2 Å². The van der Waals surface area contributed by atoms with Crippen molar-refractivity contribution in [3.63, 3.8) is 0 Å². The van der Waals surface area contributed by atoms with E-state index in [9.17, 15) is 4.79 Å². The Labute approximate surface area is 153 Å². The highest BCUT2D eigenvalue weighted by molar-refractivity contribution is 6.42. The second-order valence-corrected chi connectivity index (χ2v) is 7.10. The van der Waals surface area contributed by atoms with Crippen LogP contribution in [-0.4, -0.2) is 44.4 Å². The van der Waals surface area contributed by atoms with E-state index in [-0.39, 0.29) is 6.09 Å². The van der Waals surface area contributed by atoms with Gasteiger partial charge in [0.15, 0.2) is 0 Å². The summed E-state index contributed by atoms with van der Waals surface area (Å²) in [7, 11) is 1.65. The highest BCUT2D eigenvalue weighted by atomic mass is 35.5. The fraction of sp³-hybridized carbons (Fsp3) is 0.500. The van der Waals surface area contributed by atoms with Crippen LogP contribution < -0.4 is 0 Å².